The number of carbonyl (C=O) groups excluding carboxylic acids is 1. The summed E-state index contributed by atoms with van der Waals surface area (Å²) < 4.78 is 0. The Balaban J connectivity index is 1.74. The van der Waals surface area contributed by atoms with Gasteiger partial charge in [-0.1, -0.05) is 29.3 Å². The predicted octanol–water partition coefficient (Wildman–Crippen LogP) is 3.63. The van der Waals surface area contributed by atoms with Crippen LogP contribution in [0.1, 0.15) is 5.56 Å². The number of carbonyl (C=O) groups is 1. The molecule has 1 aromatic heterocycles. The lowest BCUT2D eigenvalue weighted by Gasteiger charge is -2.06. The monoisotopic (exact) mass is 334 g/mol. The Bertz CT molecular complexity index is 860. The van der Waals surface area contributed by atoms with E-state index in [1.54, 1.807) is 30.3 Å². The maximum atomic E-state index is 12.1. The zero-order valence-corrected chi connectivity index (χ0v) is 12.9. The highest BCUT2D eigenvalue weighted by atomic mass is 35.5. The normalized spacial score (nSPS) is 10.8. The van der Waals surface area contributed by atoms with Crippen molar-refractivity contribution in [3.63, 3.8) is 0 Å². The van der Waals surface area contributed by atoms with Gasteiger partial charge in [0.1, 0.15) is 0 Å². The third kappa shape index (κ3) is 3.00. The second-order valence-electron chi connectivity index (χ2n) is 4.84. The first-order valence-electron chi connectivity index (χ1n) is 6.50. The van der Waals surface area contributed by atoms with Crippen molar-refractivity contribution in [3.05, 3.63) is 52.0 Å². The number of hydrogen-bond donors (Lipinski definition) is 3. The summed E-state index contributed by atoms with van der Waals surface area (Å²) in [5.74, 6) is 0.246. The van der Waals surface area contributed by atoms with Crippen molar-refractivity contribution >= 4 is 51.5 Å². The van der Waals surface area contributed by atoms with E-state index in [0.29, 0.717) is 21.6 Å². The molecule has 112 valence electrons. The fourth-order valence-corrected chi connectivity index (χ4v) is 2.47. The number of nitrogen functional groups attached to an aromatic ring is 1. The van der Waals surface area contributed by atoms with Crippen LogP contribution in [0.2, 0.25) is 10.0 Å². The number of amides is 1. The minimum Gasteiger partial charge on any atom is -0.382 e. The predicted molar refractivity (Wildman–Crippen MR) is 89.3 cm³/mol. The first-order chi connectivity index (χ1) is 10.5. The third-order valence-corrected chi connectivity index (χ3v) is 3.96. The van der Waals surface area contributed by atoms with Crippen LogP contribution in [0.25, 0.3) is 10.9 Å². The van der Waals surface area contributed by atoms with Gasteiger partial charge >= 0.3 is 0 Å². The zero-order valence-electron chi connectivity index (χ0n) is 11.4. The molecule has 0 radical (unpaired) electrons. The summed E-state index contributed by atoms with van der Waals surface area (Å²) in [7, 11) is 0. The maximum Gasteiger partial charge on any atom is 0.228 e. The number of nitrogens with one attached hydrogen (secondary N) is 2. The maximum absolute atomic E-state index is 12.1. The largest absolute Gasteiger partial charge is 0.382 e. The average Bonchev–Trinajstić information content (AvgIpc) is 2.84. The second kappa shape index (κ2) is 5.87. The van der Waals surface area contributed by atoms with Gasteiger partial charge in [-0.3, -0.25) is 9.89 Å². The lowest BCUT2D eigenvalue weighted by atomic mass is 10.1. The molecule has 2 aromatic carbocycles. The van der Waals surface area contributed by atoms with Gasteiger partial charge in [0, 0.05) is 11.1 Å². The Labute approximate surface area is 136 Å². The van der Waals surface area contributed by atoms with Gasteiger partial charge in [0.25, 0.3) is 0 Å². The van der Waals surface area contributed by atoms with Crippen LogP contribution >= 0.6 is 23.2 Å². The summed E-state index contributed by atoms with van der Waals surface area (Å²) in [6, 6.07) is 10.5. The fraction of sp³-hybridized carbons (Fsp3) is 0.0667. The Kier molecular flexibility index (Phi) is 3.92. The summed E-state index contributed by atoms with van der Waals surface area (Å²) in [6.07, 6.45) is 0.204. The van der Waals surface area contributed by atoms with E-state index in [2.05, 4.69) is 15.5 Å². The molecule has 7 heteroatoms. The summed E-state index contributed by atoms with van der Waals surface area (Å²) in [5.41, 5.74) is 8.01. The van der Waals surface area contributed by atoms with Crippen molar-refractivity contribution in [2.45, 2.75) is 6.42 Å². The zero-order chi connectivity index (χ0) is 15.7. The van der Waals surface area contributed by atoms with Crippen LogP contribution in [0.15, 0.2) is 36.4 Å². The topological polar surface area (TPSA) is 83.8 Å². The first kappa shape index (κ1) is 14.7. The molecule has 5 nitrogen and oxygen atoms in total. The van der Waals surface area contributed by atoms with E-state index in [1.165, 1.54) is 0 Å². The number of aromatic nitrogens is 2. The number of hydrogen-bond acceptors (Lipinski definition) is 3. The van der Waals surface area contributed by atoms with Crippen molar-refractivity contribution in [2.24, 2.45) is 0 Å². The van der Waals surface area contributed by atoms with Crippen LogP contribution in [0.5, 0.6) is 0 Å². The third-order valence-electron chi connectivity index (χ3n) is 3.22. The van der Waals surface area contributed by atoms with E-state index in [-0.39, 0.29) is 12.3 Å². The number of nitrogens with zero attached hydrogens (tertiary/aromatic N) is 1. The lowest BCUT2D eigenvalue weighted by molar-refractivity contribution is -0.115. The van der Waals surface area contributed by atoms with Crippen molar-refractivity contribution in [1.29, 1.82) is 0 Å². The molecule has 22 heavy (non-hydrogen) atoms. The summed E-state index contributed by atoms with van der Waals surface area (Å²) in [4.78, 5) is 12.1. The number of rotatable bonds is 3. The highest BCUT2D eigenvalue weighted by Crippen LogP contribution is 2.24. The van der Waals surface area contributed by atoms with Crippen LogP contribution in [0, 0.1) is 0 Å². The highest BCUT2D eigenvalue weighted by molar-refractivity contribution is 6.42. The minimum absolute atomic E-state index is 0.153. The molecule has 3 aromatic rings. The molecule has 0 saturated heterocycles. The van der Waals surface area contributed by atoms with Crippen molar-refractivity contribution < 1.29 is 4.79 Å². The Morgan fingerprint density at radius 2 is 2.00 bits per heavy atom. The van der Waals surface area contributed by atoms with Crippen LogP contribution in [-0.4, -0.2) is 16.1 Å². The van der Waals surface area contributed by atoms with E-state index in [4.69, 9.17) is 28.9 Å². The van der Waals surface area contributed by atoms with Crippen molar-refractivity contribution in [1.82, 2.24) is 10.2 Å². The molecule has 0 aliphatic rings. The molecule has 1 heterocycles. The second-order valence-corrected chi connectivity index (χ2v) is 5.66. The van der Waals surface area contributed by atoms with E-state index in [0.717, 1.165) is 16.5 Å². The molecule has 0 bridgehead atoms. The number of H-pyrrole nitrogens is 1. The van der Waals surface area contributed by atoms with E-state index in [9.17, 15) is 4.79 Å². The van der Waals surface area contributed by atoms with Crippen molar-refractivity contribution in [3.8, 4) is 0 Å². The van der Waals surface area contributed by atoms with E-state index >= 15 is 0 Å². The molecule has 0 aliphatic carbocycles. The van der Waals surface area contributed by atoms with Crippen LogP contribution in [0.3, 0.4) is 0 Å². The van der Waals surface area contributed by atoms with Gasteiger partial charge in [0.2, 0.25) is 5.91 Å². The molecular weight excluding hydrogens is 323 g/mol. The number of nitrogens with two attached hydrogens (primary N) is 1. The molecule has 0 unspecified atom stereocenters. The van der Waals surface area contributed by atoms with Crippen LogP contribution < -0.4 is 11.1 Å². The number of halogens is 2. The molecule has 4 N–H and O–H groups in total. The van der Waals surface area contributed by atoms with Gasteiger partial charge < -0.3 is 11.1 Å². The Morgan fingerprint density at radius 3 is 2.77 bits per heavy atom. The smallest absolute Gasteiger partial charge is 0.228 e. The number of fused-ring (bicyclic) bond motifs is 1. The number of benzene rings is 2. The van der Waals surface area contributed by atoms with Crippen molar-refractivity contribution in [2.75, 3.05) is 11.1 Å². The Morgan fingerprint density at radius 1 is 1.18 bits per heavy atom. The van der Waals surface area contributed by atoms with Crippen LogP contribution in [0.4, 0.5) is 11.5 Å². The molecule has 0 spiro atoms. The lowest BCUT2D eigenvalue weighted by Crippen LogP contribution is -2.14. The molecular formula is C15H12Cl2N4O. The summed E-state index contributed by atoms with van der Waals surface area (Å²) in [5, 5.41) is 11.2. The fourth-order valence-electron chi connectivity index (χ4n) is 2.15. The standard InChI is InChI=1S/C15H12Cl2N4O/c16-11-3-1-8(5-12(11)17)6-14(22)19-9-2-4-13-10(7-9)15(18)21-20-13/h1-5,7H,6H2,(H,19,22)(H3,18,20,21). The molecule has 3 rings (SSSR count). The quantitative estimate of drug-likeness (QED) is 0.683. The molecule has 0 atom stereocenters. The van der Waals surface area contributed by atoms with E-state index < -0.39 is 0 Å². The van der Waals surface area contributed by atoms with Gasteiger partial charge in [0.05, 0.1) is 22.0 Å². The highest BCUT2D eigenvalue weighted by Gasteiger charge is 2.08. The first-order valence-corrected chi connectivity index (χ1v) is 7.26. The molecule has 0 fully saturated rings. The molecule has 1 amide bonds. The van der Waals surface area contributed by atoms with Gasteiger partial charge in [-0.15, -0.1) is 0 Å². The summed E-state index contributed by atoms with van der Waals surface area (Å²) >= 11 is 11.8. The van der Waals surface area contributed by atoms with Gasteiger partial charge in [0.15, 0.2) is 5.82 Å². The van der Waals surface area contributed by atoms with Gasteiger partial charge in [-0.2, -0.15) is 5.10 Å². The SMILES string of the molecule is Nc1n[nH]c2ccc(NC(=O)Cc3ccc(Cl)c(Cl)c3)cc12. The molecule has 0 saturated carbocycles. The minimum atomic E-state index is -0.153. The van der Waals surface area contributed by atoms with Crippen LogP contribution in [-0.2, 0) is 11.2 Å². The van der Waals surface area contributed by atoms with Gasteiger partial charge in [-0.25, -0.2) is 0 Å². The average molecular weight is 335 g/mol. The summed E-state index contributed by atoms with van der Waals surface area (Å²) in [6.45, 7) is 0. The molecule has 0 aliphatic heterocycles. The van der Waals surface area contributed by atoms with Gasteiger partial charge in [-0.05, 0) is 35.9 Å². The Hall–Kier alpha value is -2.24. The van der Waals surface area contributed by atoms with E-state index in [1.807, 2.05) is 6.07 Å². The number of aromatic amines is 1. The number of anilines is 2.